The zero-order valence-electron chi connectivity index (χ0n) is 12.5. The minimum atomic E-state index is -0.373. The van der Waals surface area contributed by atoms with E-state index in [2.05, 4.69) is 29.2 Å². The molecule has 0 aliphatic carbocycles. The van der Waals surface area contributed by atoms with Crippen LogP contribution in [0.2, 0.25) is 0 Å². The van der Waals surface area contributed by atoms with Crippen molar-refractivity contribution in [2.24, 2.45) is 5.73 Å². The Balaban J connectivity index is 1.67. The molecule has 3 rings (SSSR count). The molecule has 0 saturated carbocycles. The highest BCUT2D eigenvalue weighted by Crippen LogP contribution is 2.27. The average Bonchev–Trinajstić information content (AvgIpc) is 2.88. The monoisotopic (exact) mass is 316 g/mol. The summed E-state index contributed by atoms with van der Waals surface area (Å²) in [6.07, 6.45) is 1.10. The number of primary amides is 1. The molecule has 0 bridgehead atoms. The molecule has 0 radical (unpaired) electrons. The van der Waals surface area contributed by atoms with Crippen LogP contribution >= 0.6 is 11.3 Å². The van der Waals surface area contributed by atoms with Gasteiger partial charge in [-0.1, -0.05) is 24.3 Å². The van der Waals surface area contributed by atoms with Crippen LogP contribution in [-0.4, -0.2) is 37.1 Å². The first-order chi connectivity index (χ1) is 10.7. The van der Waals surface area contributed by atoms with Crippen LogP contribution in [0.5, 0.6) is 0 Å². The van der Waals surface area contributed by atoms with Crippen LogP contribution in [0.4, 0.5) is 0 Å². The predicted octanol–water partition coefficient (Wildman–Crippen LogP) is 2.74. The third-order valence-corrected chi connectivity index (χ3v) is 4.82. The predicted molar refractivity (Wildman–Crippen MR) is 89.0 cm³/mol. The molecule has 1 saturated heterocycles. The number of nitrogens with zero attached hydrogens (tertiary/aromatic N) is 1. The second kappa shape index (κ2) is 7.05. The molecule has 0 spiro atoms. The lowest BCUT2D eigenvalue weighted by Gasteiger charge is -2.19. The first kappa shape index (κ1) is 15.2. The van der Waals surface area contributed by atoms with Gasteiger partial charge in [-0.3, -0.25) is 9.69 Å². The van der Waals surface area contributed by atoms with Crippen LogP contribution < -0.4 is 5.73 Å². The summed E-state index contributed by atoms with van der Waals surface area (Å²) in [5.41, 5.74) is 8.30. The molecule has 1 aromatic carbocycles. The zero-order chi connectivity index (χ0) is 15.4. The van der Waals surface area contributed by atoms with E-state index in [4.69, 9.17) is 10.5 Å². The third-order valence-electron chi connectivity index (χ3n) is 3.84. The molecule has 1 aliphatic heterocycles. The van der Waals surface area contributed by atoms with E-state index in [0.717, 1.165) is 49.7 Å². The summed E-state index contributed by atoms with van der Waals surface area (Å²) in [5, 5.41) is 1.81. The average molecular weight is 316 g/mol. The summed E-state index contributed by atoms with van der Waals surface area (Å²) in [7, 11) is 0. The Labute approximate surface area is 134 Å². The van der Waals surface area contributed by atoms with E-state index < -0.39 is 0 Å². The molecule has 1 aliphatic rings. The van der Waals surface area contributed by atoms with Crippen molar-refractivity contribution in [1.29, 1.82) is 0 Å². The molecule has 2 aromatic rings. The van der Waals surface area contributed by atoms with Crippen molar-refractivity contribution in [2.45, 2.75) is 13.0 Å². The Morgan fingerprint density at radius 3 is 2.77 bits per heavy atom. The van der Waals surface area contributed by atoms with Gasteiger partial charge in [-0.2, -0.15) is 0 Å². The molecule has 2 N–H and O–H groups in total. The highest BCUT2D eigenvalue weighted by atomic mass is 32.1. The minimum absolute atomic E-state index is 0.373. The summed E-state index contributed by atoms with van der Waals surface area (Å²) in [4.78, 5) is 14.7. The van der Waals surface area contributed by atoms with Gasteiger partial charge in [0.2, 0.25) is 5.91 Å². The molecule has 1 aromatic heterocycles. The van der Waals surface area contributed by atoms with Gasteiger partial charge in [-0.15, -0.1) is 11.3 Å². The number of hydrogen-bond acceptors (Lipinski definition) is 4. The largest absolute Gasteiger partial charge is 0.380 e. The standard InChI is InChI=1S/C17H20N2O2S/c18-17(20)15-10-16(22-12-15)14-4-2-13(3-5-14)11-19-6-1-8-21-9-7-19/h2-5,10,12H,1,6-9,11H2,(H2,18,20). The number of rotatable bonds is 4. The lowest BCUT2D eigenvalue weighted by molar-refractivity contribution is 0.100. The number of carbonyl (C=O) groups is 1. The van der Waals surface area contributed by atoms with Crippen LogP contribution in [0.3, 0.4) is 0 Å². The van der Waals surface area contributed by atoms with Gasteiger partial charge in [-0.25, -0.2) is 0 Å². The van der Waals surface area contributed by atoms with Crippen molar-refractivity contribution >= 4 is 17.2 Å². The Kier molecular flexibility index (Phi) is 4.87. The molecule has 1 fully saturated rings. The van der Waals surface area contributed by atoms with Crippen LogP contribution in [0.1, 0.15) is 22.3 Å². The molecule has 4 nitrogen and oxygen atoms in total. The third kappa shape index (κ3) is 3.74. The Bertz CT molecular complexity index is 628. The van der Waals surface area contributed by atoms with E-state index in [9.17, 15) is 4.79 Å². The highest BCUT2D eigenvalue weighted by molar-refractivity contribution is 7.13. The number of carbonyl (C=O) groups excluding carboxylic acids is 1. The number of nitrogens with two attached hydrogens (primary N) is 1. The van der Waals surface area contributed by atoms with Crippen molar-refractivity contribution in [3.05, 3.63) is 46.8 Å². The molecule has 0 unspecified atom stereocenters. The fourth-order valence-electron chi connectivity index (χ4n) is 2.61. The fraction of sp³-hybridized carbons (Fsp3) is 0.353. The quantitative estimate of drug-likeness (QED) is 0.943. The van der Waals surface area contributed by atoms with Gasteiger partial charge in [0.1, 0.15) is 0 Å². The number of amides is 1. The molecule has 0 atom stereocenters. The van der Waals surface area contributed by atoms with Gasteiger partial charge in [0.25, 0.3) is 0 Å². The maximum Gasteiger partial charge on any atom is 0.249 e. The topological polar surface area (TPSA) is 55.6 Å². The van der Waals surface area contributed by atoms with Gasteiger partial charge >= 0.3 is 0 Å². The van der Waals surface area contributed by atoms with Gasteiger partial charge in [-0.05, 0) is 23.6 Å². The van der Waals surface area contributed by atoms with Crippen molar-refractivity contribution < 1.29 is 9.53 Å². The SMILES string of the molecule is NC(=O)c1csc(-c2ccc(CN3CCCOCC3)cc2)c1. The van der Waals surface area contributed by atoms with E-state index in [1.807, 2.05) is 11.4 Å². The van der Waals surface area contributed by atoms with Crippen LogP contribution in [-0.2, 0) is 11.3 Å². The molecule has 22 heavy (non-hydrogen) atoms. The van der Waals surface area contributed by atoms with Crippen LogP contribution in [0.15, 0.2) is 35.7 Å². The second-order valence-corrected chi connectivity index (χ2v) is 6.41. The summed E-state index contributed by atoms with van der Waals surface area (Å²) in [6.45, 7) is 4.74. The van der Waals surface area contributed by atoms with Crippen molar-refractivity contribution in [3.63, 3.8) is 0 Å². The van der Waals surface area contributed by atoms with Crippen molar-refractivity contribution in [1.82, 2.24) is 4.90 Å². The number of ether oxygens (including phenoxy) is 1. The lowest BCUT2D eigenvalue weighted by atomic mass is 10.1. The molecule has 116 valence electrons. The highest BCUT2D eigenvalue weighted by Gasteiger charge is 2.10. The summed E-state index contributed by atoms with van der Waals surface area (Å²) in [6, 6.07) is 10.4. The van der Waals surface area contributed by atoms with E-state index >= 15 is 0 Å². The van der Waals surface area contributed by atoms with Gasteiger partial charge in [0.05, 0.1) is 12.2 Å². The molecule has 2 heterocycles. The smallest absolute Gasteiger partial charge is 0.249 e. The van der Waals surface area contributed by atoms with E-state index in [0.29, 0.717) is 5.56 Å². The summed E-state index contributed by atoms with van der Waals surface area (Å²) < 4.78 is 5.48. The minimum Gasteiger partial charge on any atom is -0.380 e. The van der Waals surface area contributed by atoms with E-state index in [1.165, 1.54) is 5.56 Å². The Morgan fingerprint density at radius 1 is 1.23 bits per heavy atom. The first-order valence-electron chi connectivity index (χ1n) is 7.50. The Morgan fingerprint density at radius 2 is 2.05 bits per heavy atom. The van der Waals surface area contributed by atoms with Gasteiger partial charge < -0.3 is 10.5 Å². The lowest BCUT2D eigenvalue weighted by Crippen LogP contribution is -2.25. The van der Waals surface area contributed by atoms with Gasteiger partial charge in [0, 0.05) is 36.5 Å². The number of benzene rings is 1. The van der Waals surface area contributed by atoms with E-state index in [-0.39, 0.29) is 5.91 Å². The number of hydrogen-bond donors (Lipinski definition) is 1. The molecule has 1 amide bonds. The molecule has 5 heteroatoms. The second-order valence-electron chi connectivity index (χ2n) is 5.50. The summed E-state index contributed by atoms with van der Waals surface area (Å²) >= 11 is 1.55. The van der Waals surface area contributed by atoms with Crippen LogP contribution in [0.25, 0.3) is 10.4 Å². The fourth-order valence-corrected chi connectivity index (χ4v) is 3.51. The first-order valence-corrected chi connectivity index (χ1v) is 8.38. The number of thiophene rings is 1. The van der Waals surface area contributed by atoms with Crippen molar-refractivity contribution in [2.75, 3.05) is 26.3 Å². The summed E-state index contributed by atoms with van der Waals surface area (Å²) in [5.74, 6) is -0.373. The Hall–Kier alpha value is -1.69. The normalized spacial score (nSPS) is 16.4. The molecular formula is C17H20N2O2S. The molecular weight excluding hydrogens is 296 g/mol. The van der Waals surface area contributed by atoms with Crippen molar-refractivity contribution in [3.8, 4) is 10.4 Å². The maximum absolute atomic E-state index is 11.2. The zero-order valence-corrected chi connectivity index (χ0v) is 13.3. The van der Waals surface area contributed by atoms with E-state index in [1.54, 1.807) is 11.3 Å². The van der Waals surface area contributed by atoms with Crippen LogP contribution in [0, 0.1) is 0 Å². The maximum atomic E-state index is 11.2. The van der Waals surface area contributed by atoms with Gasteiger partial charge in [0.15, 0.2) is 0 Å².